The summed E-state index contributed by atoms with van der Waals surface area (Å²) in [6, 6.07) is -1.05. The van der Waals surface area contributed by atoms with E-state index < -0.39 is 20.0 Å². The van der Waals surface area contributed by atoms with E-state index in [1.807, 2.05) is 0 Å². The Morgan fingerprint density at radius 1 is 0.538 bits per heavy atom. The molecule has 0 aliphatic heterocycles. The fourth-order valence-corrected chi connectivity index (χ4v) is 4.62. The number of aliphatic hydroxyl groups excluding tert-OH is 1. The Kier molecular flexibility index (Phi) is 30.0. The van der Waals surface area contributed by atoms with Crippen LogP contribution in [0.2, 0.25) is 0 Å². The molecule has 2 atom stereocenters. The highest BCUT2D eigenvalue weighted by molar-refractivity contribution is 7.45. The molecule has 0 radical (unpaired) electrons. The molecule has 0 aliphatic rings. The predicted molar refractivity (Wildman–Crippen MR) is 160 cm³/mol. The Balaban J connectivity index is 0. The van der Waals surface area contributed by atoms with Gasteiger partial charge in [-0.3, -0.25) is 9.59 Å². The van der Waals surface area contributed by atoms with Crippen LogP contribution >= 0.6 is 7.82 Å². The topological polar surface area (TPSA) is 158 Å². The molecule has 39 heavy (non-hydrogen) atoms. The Morgan fingerprint density at radius 2 is 0.769 bits per heavy atom. The average Bonchev–Trinajstić information content (AvgIpc) is 2.88. The molecule has 0 aromatic heterocycles. The summed E-state index contributed by atoms with van der Waals surface area (Å²) in [7, 11) is -4.64. The maximum absolute atomic E-state index is 12.3. The fourth-order valence-electron chi connectivity index (χ4n) is 4.62. The van der Waals surface area contributed by atoms with Gasteiger partial charge in [0.2, 0.25) is 0 Å². The van der Waals surface area contributed by atoms with Crippen molar-refractivity contribution in [3.8, 4) is 0 Å². The molecule has 6 N–H and O–H groups in total. The van der Waals surface area contributed by atoms with E-state index in [-0.39, 0.29) is 11.6 Å². The number of phosphoric acid groups is 1. The largest absolute Gasteiger partial charge is 0.466 e. The molecule has 0 fully saturated rings. The zero-order valence-electron chi connectivity index (χ0n) is 25.2. The Bertz CT molecular complexity index is 562. The van der Waals surface area contributed by atoms with Crippen LogP contribution in [0.15, 0.2) is 0 Å². The van der Waals surface area contributed by atoms with Gasteiger partial charge in [0.15, 0.2) is 11.6 Å². The van der Waals surface area contributed by atoms with Gasteiger partial charge in [0.25, 0.3) is 0 Å². The quantitative estimate of drug-likeness (QED) is 0.0501. The third-order valence-electron chi connectivity index (χ3n) is 7.10. The standard InChI is InChI=1S/C30H59NO3.H3O4P/c1-3-5-7-9-11-13-15-17-19-21-23-25-27(32)29(31)30(34)28(33)26-24-22-20-18-16-14-12-10-8-6-4-2;1-5(2,3)4/h29-30,34H,3-26,31H2,1-2H3;(H3,1,2,3,4). The lowest BCUT2D eigenvalue weighted by atomic mass is 9.96. The van der Waals surface area contributed by atoms with Crippen molar-refractivity contribution in [1.82, 2.24) is 0 Å². The first-order chi connectivity index (χ1) is 18.5. The van der Waals surface area contributed by atoms with Crippen molar-refractivity contribution in [1.29, 1.82) is 0 Å². The average molecular weight is 580 g/mol. The number of aliphatic hydroxyl groups is 1. The second-order valence-electron chi connectivity index (χ2n) is 11.0. The first kappa shape index (κ1) is 40.5. The van der Waals surface area contributed by atoms with Crippen LogP contribution in [-0.2, 0) is 14.2 Å². The molecule has 0 amide bonds. The van der Waals surface area contributed by atoms with E-state index in [0.717, 1.165) is 38.5 Å². The second kappa shape index (κ2) is 28.9. The van der Waals surface area contributed by atoms with Gasteiger partial charge in [-0.05, 0) is 12.8 Å². The molecule has 0 saturated carbocycles. The Hall–Kier alpha value is -0.630. The van der Waals surface area contributed by atoms with Gasteiger partial charge >= 0.3 is 7.82 Å². The SMILES string of the molecule is CCCCCCCCCCCCCC(=O)C(N)C(O)C(=O)CCCCCCCCCCCCC.O=P(O)(O)O. The van der Waals surface area contributed by atoms with Gasteiger partial charge in [-0.15, -0.1) is 0 Å². The van der Waals surface area contributed by atoms with E-state index >= 15 is 0 Å². The number of nitrogens with two attached hydrogens (primary N) is 1. The van der Waals surface area contributed by atoms with E-state index in [4.69, 9.17) is 25.0 Å². The van der Waals surface area contributed by atoms with Gasteiger partial charge in [0.05, 0.1) is 6.04 Å². The van der Waals surface area contributed by atoms with E-state index in [0.29, 0.717) is 12.8 Å². The summed E-state index contributed by atoms with van der Waals surface area (Å²) < 4.78 is 8.88. The minimum absolute atomic E-state index is 0.171. The van der Waals surface area contributed by atoms with Crippen molar-refractivity contribution < 1.29 is 33.9 Å². The first-order valence-electron chi connectivity index (χ1n) is 15.8. The second-order valence-corrected chi connectivity index (χ2v) is 12.0. The van der Waals surface area contributed by atoms with Crippen LogP contribution in [0.5, 0.6) is 0 Å². The molecule has 0 aromatic carbocycles. The van der Waals surface area contributed by atoms with Gasteiger partial charge < -0.3 is 25.5 Å². The van der Waals surface area contributed by atoms with Gasteiger partial charge in [0, 0.05) is 12.8 Å². The number of carbonyl (C=O) groups is 2. The molecule has 234 valence electrons. The van der Waals surface area contributed by atoms with Crippen molar-refractivity contribution in [2.24, 2.45) is 5.73 Å². The van der Waals surface area contributed by atoms with E-state index in [9.17, 15) is 14.7 Å². The summed E-state index contributed by atoms with van der Waals surface area (Å²) >= 11 is 0. The lowest BCUT2D eigenvalue weighted by molar-refractivity contribution is -0.134. The molecular weight excluding hydrogens is 517 g/mol. The molecule has 0 bridgehead atoms. The molecule has 2 unspecified atom stereocenters. The lowest BCUT2D eigenvalue weighted by Crippen LogP contribution is -2.46. The molecule has 0 spiro atoms. The molecule has 0 heterocycles. The van der Waals surface area contributed by atoms with Crippen molar-refractivity contribution in [3.63, 3.8) is 0 Å². The summed E-state index contributed by atoms with van der Waals surface area (Å²) in [5, 5.41) is 10.2. The monoisotopic (exact) mass is 579 g/mol. The summed E-state index contributed by atoms with van der Waals surface area (Å²) in [6.07, 6.45) is 26.4. The van der Waals surface area contributed by atoms with Crippen LogP contribution in [-0.4, -0.2) is 43.5 Å². The summed E-state index contributed by atoms with van der Waals surface area (Å²) in [6.45, 7) is 4.49. The Labute approximate surface area is 239 Å². The summed E-state index contributed by atoms with van der Waals surface area (Å²) in [5.74, 6) is -0.438. The highest BCUT2D eigenvalue weighted by atomic mass is 31.2. The molecule has 0 aromatic rings. The van der Waals surface area contributed by atoms with Gasteiger partial charge in [-0.2, -0.15) is 0 Å². The van der Waals surface area contributed by atoms with Crippen LogP contribution in [0.4, 0.5) is 0 Å². The van der Waals surface area contributed by atoms with Crippen LogP contribution < -0.4 is 5.73 Å². The number of hydrogen-bond acceptors (Lipinski definition) is 5. The van der Waals surface area contributed by atoms with Gasteiger partial charge in [-0.1, -0.05) is 142 Å². The number of ketones is 2. The lowest BCUT2D eigenvalue weighted by Gasteiger charge is -2.16. The van der Waals surface area contributed by atoms with Crippen LogP contribution in [0.1, 0.15) is 168 Å². The fraction of sp³-hybridized carbons (Fsp3) is 0.933. The number of carbonyl (C=O) groups excluding carboxylic acids is 2. The number of unbranched alkanes of at least 4 members (excludes halogenated alkanes) is 20. The maximum Gasteiger partial charge on any atom is 0.466 e. The molecule has 0 rings (SSSR count). The van der Waals surface area contributed by atoms with E-state index in [1.165, 1.54) is 103 Å². The highest BCUT2D eigenvalue weighted by Crippen LogP contribution is 2.25. The molecule has 8 nitrogen and oxygen atoms in total. The highest BCUT2D eigenvalue weighted by Gasteiger charge is 2.27. The molecule has 0 aliphatic carbocycles. The third kappa shape index (κ3) is 33.5. The van der Waals surface area contributed by atoms with E-state index in [2.05, 4.69) is 13.8 Å². The number of rotatable bonds is 27. The van der Waals surface area contributed by atoms with Crippen molar-refractivity contribution in [3.05, 3.63) is 0 Å². The Morgan fingerprint density at radius 3 is 1.05 bits per heavy atom. The van der Waals surface area contributed by atoms with Gasteiger partial charge in [-0.25, -0.2) is 4.57 Å². The van der Waals surface area contributed by atoms with Crippen LogP contribution in [0.25, 0.3) is 0 Å². The maximum atomic E-state index is 12.3. The molecule has 9 heteroatoms. The van der Waals surface area contributed by atoms with Crippen LogP contribution in [0, 0.1) is 0 Å². The molecule has 0 saturated heterocycles. The first-order valence-corrected chi connectivity index (χ1v) is 17.4. The van der Waals surface area contributed by atoms with Crippen LogP contribution in [0.3, 0.4) is 0 Å². The minimum atomic E-state index is -4.64. The van der Waals surface area contributed by atoms with Crippen molar-refractivity contribution in [2.45, 2.75) is 180 Å². The normalized spacial score (nSPS) is 13.0. The van der Waals surface area contributed by atoms with Gasteiger partial charge in [0.1, 0.15) is 6.10 Å². The smallest absolute Gasteiger partial charge is 0.383 e. The summed E-state index contributed by atoms with van der Waals surface area (Å²) in [4.78, 5) is 46.1. The van der Waals surface area contributed by atoms with Crippen molar-refractivity contribution >= 4 is 19.4 Å². The summed E-state index contributed by atoms with van der Waals surface area (Å²) in [5.41, 5.74) is 5.90. The zero-order chi connectivity index (χ0) is 29.8. The zero-order valence-corrected chi connectivity index (χ0v) is 26.1. The number of Topliss-reactive ketones (excluding diaryl/α,β-unsaturated/α-hetero) is 2. The number of hydrogen-bond donors (Lipinski definition) is 5. The third-order valence-corrected chi connectivity index (χ3v) is 7.10. The predicted octanol–water partition coefficient (Wildman–Crippen LogP) is 7.29. The molecular formula is C30H62NO7P. The van der Waals surface area contributed by atoms with Crippen molar-refractivity contribution in [2.75, 3.05) is 0 Å². The van der Waals surface area contributed by atoms with E-state index in [1.54, 1.807) is 0 Å². The minimum Gasteiger partial charge on any atom is -0.383 e.